The quantitative estimate of drug-likeness (QED) is 0.882. The number of aromatic nitrogens is 2. The first-order chi connectivity index (χ1) is 12.4. The number of hydrogen-bond acceptors (Lipinski definition) is 5. The van der Waals surface area contributed by atoms with Crippen LogP contribution in [-0.4, -0.2) is 54.1 Å². The van der Waals surface area contributed by atoms with Crippen molar-refractivity contribution in [3.63, 3.8) is 0 Å². The van der Waals surface area contributed by atoms with Crippen LogP contribution in [0, 0.1) is 19.7 Å². The molecule has 2 amide bonds. The van der Waals surface area contributed by atoms with E-state index in [0.29, 0.717) is 28.7 Å². The van der Waals surface area contributed by atoms with Crippen LogP contribution in [-0.2, 0) is 0 Å². The molecule has 0 bridgehead atoms. The molecule has 26 heavy (non-hydrogen) atoms. The van der Waals surface area contributed by atoms with Crippen molar-refractivity contribution in [3.05, 3.63) is 41.5 Å². The van der Waals surface area contributed by atoms with E-state index in [9.17, 15) is 9.18 Å². The Bertz CT molecular complexity index is 764. The number of anilines is 3. The minimum Gasteiger partial charge on any atom is -0.338 e. The lowest BCUT2D eigenvalue weighted by Gasteiger charge is -2.32. The van der Waals surface area contributed by atoms with Gasteiger partial charge in [-0.2, -0.15) is 0 Å². The molecule has 0 spiro atoms. The highest BCUT2D eigenvalue weighted by atomic mass is 19.1. The number of halogens is 1. The number of hydrogen-bond donors (Lipinski definition) is 2. The van der Waals surface area contributed by atoms with Crippen LogP contribution in [0.4, 0.5) is 26.5 Å². The van der Waals surface area contributed by atoms with Gasteiger partial charge >= 0.3 is 6.03 Å². The molecule has 0 radical (unpaired) electrons. The van der Waals surface area contributed by atoms with Crippen LogP contribution >= 0.6 is 0 Å². The van der Waals surface area contributed by atoms with E-state index in [0.717, 1.165) is 26.2 Å². The number of benzene rings is 1. The zero-order valence-electron chi connectivity index (χ0n) is 15.2. The third-order valence-electron chi connectivity index (χ3n) is 4.39. The van der Waals surface area contributed by atoms with Crippen LogP contribution in [0.2, 0.25) is 0 Å². The largest absolute Gasteiger partial charge is 0.338 e. The average molecular weight is 358 g/mol. The number of amides is 2. The summed E-state index contributed by atoms with van der Waals surface area (Å²) in [5.74, 6) is 0.341. The maximum atomic E-state index is 12.9. The third kappa shape index (κ3) is 4.26. The molecule has 1 aliphatic heterocycles. The number of nitrogens with one attached hydrogen (secondary N) is 2. The van der Waals surface area contributed by atoms with Crippen LogP contribution in [0.3, 0.4) is 0 Å². The van der Waals surface area contributed by atoms with E-state index in [4.69, 9.17) is 0 Å². The molecule has 2 N–H and O–H groups in total. The first-order valence-corrected chi connectivity index (χ1v) is 8.54. The zero-order chi connectivity index (χ0) is 18.7. The fourth-order valence-electron chi connectivity index (χ4n) is 2.84. The fraction of sp³-hybridized carbons (Fsp3) is 0.389. The summed E-state index contributed by atoms with van der Waals surface area (Å²) in [6.45, 7) is 7.41. The van der Waals surface area contributed by atoms with Gasteiger partial charge in [0.05, 0.1) is 17.1 Å². The predicted octanol–water partition coefficient (Wildman–Crippen LogP) is 2.63. The first-order valence-electron chi connectivity index (χ1n) is 8.54. The highest BCUT2D eigenvalue weighted by molar-refractivity contribution is 6.00. The second-order valence-electron chi connectivity index (χ2n) is 6.45. The lowest BCUT2D eigenvalue weighted by molar-refractivity contribution is 0.262. The van der Waals surface area contributed by atoms with Crippen molar-refractivity contribution in [1.82, 2.24) is 14.9 Å². The number of nitrogens with zero attached hydrogens (tertiary/aromatic N) is 4. The Labute approximate surface area is 152 Å². The van der Waals surface area contributed by atoms with E-state index in [1.54, 1.807) is 0 Å². The molecule has 0 atom stereocenters. The summed E-state index contributed by atoms with van der Waals surface area (Å²) in [5, 5.41) is 5.45. The molecule has 1 saturated heterocycles. The molecule has 2 aromatic rings. The van der Waals surface area contributed by atoms with Gasteiger partial charge in [0.2, 0.25) is 5.95 Å². The molecule has 3 rings (SSSR count). The summed E-state index contributed by atoms with van der Waals surface area (Å²) in [6, 6.07) is 5.17. The van der Waals surface area contributed by atoms with Crippen LogP contribution in [0.5, 0.6) is 0 Å². The smallest absolute Gasteiger partial charge is 0.323 e. The van der Waals surface area contributed by atoms with E-state index < -0.39 is 6.03 Å². The Morgan fingerprint density at radius 1 is 1.00 bits per heavy atom. The molecule has 1 fully saturated rings. The lowest BCUT2D eigenvalue weighted by Crippen LogP contribution is -2.45. The molecule has 138 valence electrons. The minimum absolute atomic E-state index is 0.351. The van der Waals surface area contributed by atoms with Crippen molar-refractivity contribution < 1.29 is 9.18 Å². The Morgan fingerprint density at radius 2 is 1.58 bits per heavy atom. The van der Waals surface area contributed by atoms with Crippen LogP contribution < -0.4 is 15.5 Å². The Morgan fingerprint density at radius 3 is 2.15 bits per heavy atom. The second-order valence-corrected chi connectivity index (χ2v) is 6.45. The minimum atomic E-state index is -0.418. The summed E-state index contributed by atoms with van der Waals surface area (Å²) < 4.78 is 12.9. The first kappa shape index (κ1) is 18.1. The van der Waals surface area contributed by atoms with E-state index in [2.05, 4.69) is 37.4 Å². The standard InChI is InChI=1S/C18H23FN6O/c1-12-16(23-18(26)22-15-6-4-14(19)5-7-15)13(2)21-17(20-12)25-10-8-24(3)9-11-25/h4-7H,8-11H2,1-3H3,(H2,22,23,26). The van der Waals surface area contributed by atoms with Crippen molar-refractivity contribution in [3.8, 4) is 0 Å². The van der Waals surface area contributed by atoms with Crippen molar-refractivity contribution >= 4 is 23.4 Å². The van der Waals surface area contributed by atoms with E-state index in [1.807, 2.05) is 13.8 Å². The number of rotatable bonds is 3. The molecule has 0 aliphatic carbocycles. The maximum Gasteiger partial charge on any atom is 0.323 e. The Kier molecular flexibility index (Phi) is 5.32. The number of urea groups is 1. The van der Waals surface area contributed by atoms with Crippen molar-refractivity contribution in [2.45, 2.75) is 13.8 Å². The van der Waals surface area contributed by atoms with Gasteiger partial charge in [-0.1, -0.05) is 0 Å². The molecule has 0 unspecified atom stereocenters. The highest BCUT2D eigenvalue weighted by Gasteiger charge is 2.19. The second kappa shape index (κ2) is 7.65. The SMILES string of the molecule is Cc1nc(N2CCN(C)CC2)nc(C)c1NC(=O)Nc1ccc(F)cc1. The van der Waals surface area contributed by atoms with Crippen molar-refractivity contribution in [2.24, 2.45) is 0 Å². The van der Waals surface area contributed by atoms with Crippen molar-refractivity contribution in [1.29, 1.82) is 0 Å². The summed E-state index contributed by atoms with van der Waals surface area (Å²) in [6.07, 6.45) is 0. The predicted molar refractivity (Wildman–Crippen MR) is 100 cm³/mol. The molecule has 7 nitrogen and oxygen atoms in total. The van der Waals surface area contributed by atoms with E-state index in [-0.39, 0.29) is 5.82 Å². The summed E-state index contributed by atoms with van der Waals surface area (Å²) in [7, 11) is 2.10. The third-order valence-corrected chi connectivity index (χ3v) is 4.39. The van der Waals surface area contributed by atoms with Gasteiger partial charge in [-0.05, 0) is 45.2 Å². The molecule has 1 aliphatic rings. The fourth-order valence-corrected chi connectivity index (χ4v) is 2.84. The van der Waals surface area contributed by atoms with Gasteiger partial charge in [-0.15, -0.1) is 0 Å². The highest BCUT2D eigenvalue weighted by Crippen LogP contribution is 2.21. The van der Waals surface area contributed by atoms with Gasteiger partial charge in [0, 0.05) is 31.9 Å². The number of aryl methyl sites for hydroxylation is 2. The van der Waals surface area contributed by atoms with Gasteiger partial charge in [0.15, 0.2) is 0 Å². The molecular formula is C18H23FN6O. The van der Waals surface area contributed by atoms with Crippen molar-refractivity contribution in [2.75, 3.05) is 48.8 Å². The molecule has 1 aromatic carbocycles. The van der Waals surface area contributed by atoms with Crippen LogP contribution in [0.15, 0.2) is 24.3 Å². The van der Waals surface area contributed by atoms with Gasteiger partial charge in [0.25, 0.3) is 0 Å². The number of carbonyl (C=O) groups excluding carboxylic acids is 1. The molecule has 1 aromatic heterocycles. The average Bonchev–Trinajstić information content (AvgIpc) is 2.60. The summed E-state index contributed by atoms with van der Waals surface area (Å²) >= 11 is 0. The Hall–Kier alpha value is -2.74. The van der Waals surface area contributed by atoms with Crippen LogP contribution in [0.1, 0.15) is 11.4 Å². The monoisotopic (exact) mass is 358 g/mol. The molecule has 8 heteroatoms. The number of carbonyl (C=O) groups is 1. The number of likely N-dealkylation sites (N-methyl/N-ethyl adjacent to an activating group) is 1. The lowest BCUT2D eigenvalue weighted by atomic mass is 10.2. The van der Waals surface area contributed by atoms with Gasteiger partial charge in [-0.3, -0.25) is 0 Å². The number of piperazine rings is 1. The zero-order valence-corrected chi connectivity index (χ0v) is 15.2. The maximum absolute atomic E-state index is 12.9. The van der Waals surface area contributed by atoms with Gasteiger partial charge in [-0.25, -0.2) is 19.2 Å². The van der Waals surface area contributed by atoms with Crippen LogP contribution in [0.25, 0.3) is 0 Å². The molecule has 2 heterocycles. The normalized spacial score (nSPS) is 15.0. The van der Waals surface area contributed by atoms with Gasteiger partial charge in [0.1, 0.15) is 5.82 Å². The summed E-state index contributed by atoms with van der Waals surface area (Å²) in [5.41, 5.74) is 2.51. The topological polar surface area (TPSA) is 73.4 Å². The summed E-state index contributed by atoms with van der Waals surface area (Å²) in [4.78, 5) is 25.7. The van der Waals surface area contributed by atoms with E-state index in [1.165, 1.54) is 24.3 Å². The van der Waals surface area contributed by atoms with E-state index >= 15 is 0 Å². The Balaban J connectivity index is 1.69. The van der Waals surface area contributed by atoms with Gasteiger partial charge < -0.3 is 20.4 Å². The molecular weight excluding hydrogens is 335 g/mol. The molecule has 0 saturated carbocycles.